The number of rotatable bonds is 7. The highest BCUT2D eigenvalue weighted by molar-refractivity contribution is 7.99. The largest absolute Gasteiger partial charge is 0.324 e. The minimum Gasteiger partial charge on any atom is -0.324 e. The number of amides is 1. The number of nitro benzene ring substituents is 1. The molecule has 2 aromatic carbocycles. The lowest BCUT2D eigenvalue weighted by Crippen LogP contribution is -2.24. The smallest absolute Gasteiger partial charge is 0.309 e. The van der Waals surface area contributed by atoms with Crippen molar-refractivity contribution in [1.82, 2.24) is 9.78 Å². The highest BCUT2D eigenvalue weighted by atomic mass is 32.2. The Labute approximate surface area is 181 Å². The van der Waals surface area contributed by atoms with E-state index in [9.17, 15) is 25.0 Å². The molecule has 3 rings (SSSR count). The maximum Gasteiger partial charge on any atom is 0.309 e. The summed E-state index contributed by atoms with van der Waals surface area (Å²) in [4.78, 5) is 35.4. The lowest BCUT2D eigenvalue weighted by atomic mass is 10.2. The van der Waals surface area contributed by atoms with E-state index in [0.717, 1.165) is 10.5 Å². The van der Waals surface area contributed by atoms with Crippen LogP contribution >= 0.6 is 11.8 Å². The quantitative estimate of drug-likeness (QED) is 0.416. The molecule has 160 valence electrons. The molecule has 0 radical (unpaired) electrons. The fourth-order valence-corrected chi connectivity index (χ4v) is 3.69. The third-order valence-corrected chi connectivity index (χ3v) is 5.47. The van der Waals surface area contributed by atoms with Gasteiger partial charge in [-0.3, -0.25) is 29.7 Å². The Bertz CT molecular complexity index is 1160. The van der Waals surface area contributed by atoms with Crippen LogP contribution in [0, 0.1) is 34.1 Å². The van der Waals surface area contributed by atoms with Gasteiger partial charge in [0.2, 0.25) is 5.91 Å². The summed E-state index contributed by atoms with van der Waals surface area (Å²) in [6, 6.07) is 11.2. The van der Waals surface area contributed by atoms with Crippen LogP contribution in [0.2, 0.25) is 0 Å². The Morgan fingerprint density at radius 1 is 1.06 bits per heavy atom. The number of non-ortho nitro benzene ring substituents is 1. The van der Waals surface area contributed by atoms with Crippen LogP contribution in [0.3, 0.4) is 0 Å². The van der Waals surface area contributed by atoms with Crippen molar-refractivity contribution in [2.24, 2.45) is 0 Å². The number of benzene rings is 2. The average Bonchev–Trinajstić information content (AvgIpc) is 3.11. The fourth-order valence-electron chi connectivity index (χ4n) is 2.78. The predicted molar refractivity (Wildman–Crippen MR) is 115 cm³/mol. The third kappa shape index (κ3) is 5.25. The molecule has 31 heavy (non-hydrogen) atoms. The van der Waals surface area contributed by atoms with E-state index in [1.807, 2.05) is 31.2 Å². The molecule has 1 heterocycles. The Morgan fingerprint density at radius 3 is 2.32 bits per heavy atom. The summed E-state index contributed by atoms with van der Waals surface area (Å²) in [6.45, 7) is 4.98. The zero-order valence-corrected chi connectivity index (χ0v) is 17.8. The third-order valence-electron chi connectivity index (χ3n) is 4.49. The molecule has 0 fully saturated rings. The summed E-state index contributed by atoms with van der Waals surface area (Å²) in [5.74, 6) is -0.510. The second-order valence-electron chi connectivity index (χ2n) is 6.89. The number of aryl methyl sites for hydroxylation is 2. The van der Waals surface area contributed by atoms with E-state index in [2.05, 4.69) is 10.4 Å². The second-order valence-corrected chi connectivity index (χ2v) is 8.04. The molecule has 10 nitrogen and oxygen atoms in total. The summed E-state index contributed by atoms with van der Waals surface area (Å²) < 4.78 is 1.20. The first-order chi connectivity index (χ1) is 14.6. The number of hydrogen-bond donors (Lipinski definition) is 1. The van der Waals surface area contributed by atoms with Gasteiger partial charge in [-0.15, -0.1) is 0 Å². The molecule has 0 saturated heterocycles. The van der Waals surface area contributed by atoms with Gasteiger partial charge in [0.05, 0.1) is 9.85 Å². The molecular weight excluding hydrogens is 422 g/mol. The first-order valence-electron chi connectivity index (χ1n) is 9.19. The minimum atomic E-state index is -0.861. The minimum absolute atomic E-state index is 0.161. The van der Waals surface area contributed by atoms with Gasteiger partial charge in [-0.05, 0) is 39.0 Å². The number of anilines is 1. The van der Waals surface area contributed by atoms with Gasteiger partial charge in [0, 0.05) is 27.6 Å². The number of carbonyl (C=O) groups excluding carboxylic acids is 1. The molecule has 1 atom stereocenters. The van der Waals surface area contributed by atoms with E-state index in [1.54, 1.807) is 6.07 Å². The standard InChI is InChI=1S/C20H19N5O5S/c1-12-4-6-17(7-5-12)31-18-9-15(8-16(10-18)24(27)28)21-20(26)14(3)23-11-19(25(29)30)13(2)22-23/h4-11,14H,1-3H3,(H,21,26). The van der Waals surface area contributed by atoms with Gasteiger partial charge < -0.3 is 5.32 Å². The van der Waals surface area contributed by atoms with Crippen molar-refractivity contribution >= 4 is 34.7 Å². The number of nitro groups is 2. The molecular formula is C20H19N5O5S. The molecule has 0 aliphatic heterocycles. The Balaban J connectivity index is 1.84. The molecule has 1 amide bonds. The number of nitrogens with one attached hydrogen (secondary N) is 1. The molecule has 0 bridgehead atoms. The average molecular weight is 441 g/mol. The van der Waals surface area contributed by atoms with Crippen molar-refractivity contribution < 1.29 is 14.6 Å². The predicted octanol–water partition coefficient (Wildman–Crippen LogP) is 4.67. The van der Waals surface area contributed by atoms with Crippen LogP contribution in [-0.2, 0) is 4.79 Å². The zero-order valence-electron chi connectivity index (χ0n) is 16.9. The van der Waals surface area contributed by atoms with Crippen LogP contribution in [0.1, 0.15) is 24.2 Å². The number of hydrogen-bond acceptors (Lipinski definition) is 7. The fraction of sp³-hybridized carbons (Fsp3) is 0.200. The van der Waals surface area contributed by atoms with Crippen molar-refractivity contribution in [3.8, 4) is 0 Å². The van der Waals surface area contributed by atoms with E-state index in [1.165, 1.54) is 48.6 Å². The molecule has 0 saturated carbocycles. The van der Waals surface area contributed by atoms with Crippen molar-refractivity contribution in [2.75, 3.05) is 5.32 Å². The molecule has 11 heteroatoms. The van der Waals surface area contributed by atoms with Gasteiger partial charge in [-0.25, -0.2) is 0 Å². The second kappa shape index (κ2) is 8.96. The highest BCUT2D eigenvalue weighted by Gasteiger charge is 2.23. The summed E-state index contributed by atoms with van der Waals surface area (Å²) >= 11 is 1.33. The summed E-state index contributed by atoms with van der Waals surface area (Å²) in [5.41, 5.74) is 1.19. The zero-order chi connectivity index (χ0) is 22.7. The Hall–Kier alpha value is -3.73. The summed E-state index contributed by atoms with van der Waals surface area (Å²) in [7, 11) is 0. The van der Waals surface area contributed by atoms with Crippen LogP contribution in [0.25, 0.3) is 0 Å². The van der Waals surface area contributed by atoms with E-state index in [0.29, 0.717) is 4.90 Å². The monoisotopic (exact) mass is 441 g/mol. The van der Waals surface area contributed by atoms with Crippen LogP contribution < -0.4 is 5.32 Å². The van der Waals surface area contributed by atoms with Crippen molar-refractivity contribution in [3.63, 3.8) is 0 Å². The SMILES string of the molecule is Cc1ccc(Sc2cc(NC(=O)C(C)n3cc([N+](=O)[O-])c(C)n3)cc([N+](=O)[O-])c2)cc1. The van der Waals surface area contributed by atoms with Gasteiger partial charge in [0.25, 0.3) is 5.69 Å². The normalized spacial score (nSPS) is 11.7. The summed E-state index contributed by atoms with van der Waals surface area (Å²) in [5, 5.41) is 29.0. The lowest BCUT2D eigenvalue weighted by Gasteiger charge is -2.13. The lowest BCUT2D eigenvalue weighted by molar-refractivity contribution is -0.385. The topological polar surface area (TPSA) is 133 Å². The molecule has 0 aliphatic carbocycles. The van der Waals surface area contributed by atoms with E-state index in [4.69, 9.17) is 0 Å². The number of aromatic nitrogens is 2. The number of nitrogens with zero attached hydrogens (tertiary/aromatic N) is 4. The molecule has 3 aromatic rings. The van der Waals surface area contributed by atoms with Crippen molar-refractivity contribution in [1.29, 1.82) is 0 Å². The van der Waals surface area contributed by atoms with Crippen LogP contribution in [0.15, 0.2) is 58.5 Å². The van der Waals surface area contributed by atoms with Crippen LogP contribution in [0.4, 0.5) is 17.1 Å². The molecule has 1 unspecified atom stereocenters. The Kier molecular flexibility index (Phi) is 6.35. The maximum absolute atomic E-state index is 12.7. The van der Waals surface area contributed by atoms with Crippen LogP contribution in [0.5, 0.6) is 0 Å². The van der Waals surface area contributed by atoms with Gasteiger partial charge in [-0.2, -0.15) is 5.10 Å². The molecule has 0 aliphatic rings. The van der Waals surface area contributed by atoms with Gasteiger partial charge in [0.1, 0.15) is 17.9 Å². The highest BCUT2D eigenvalue weighted by Crippen LogP contribution is 2.33. The van der Waals surface area contributed by atoms with Crippen molar-refractivity contribution in [3.05, 3.63) is 80.1 Å². The van der Waals surface area contributed by atoms with E-state index >= 15 is 0 Å². The summed E-state index contributed by atoms with van der Waals surface area (Å²) in [6.07, 6.45) is 1.19. The van der Waals surface area contributed by atoms with Gasteiger partial charge >= 0.3 is 5.69 Å². The molecule has 0 spiro atoms. The maximum atomic E-state index is 12.7. The van der Waals surface area contributed by atoms with Gasteiger partial charge in [-0.1, -0.05) is 29.5 Å². The van der Waals surface area contributed by atoms with Crippen LogP contribution in [-0.4, -0.2) is 25.5 Å². The van der Waals surface area contributed by atoms with E-state index < -0.39 is 21.8 Å². The Morgan fingerprint density at radius 2 is 1.74 bits per heavy atom. The molecule has 1 N–H and O–H groups in total. The van der Waals surface area contributed by atoms with Crippen molar-refractivity contribution in [2.45, 2.75) is 36.6 Å². The van der Waals surface area contributed by atoms with E-state index in [-0.39, 0.29) is 22.8 Å². The molecule has 1 aromatic heterocycles. The first-order valence-corrected chi connectivity index (χ1v) is 10.0. The van der Waals surface area contributed by atoms with Gasteiger partial charge in [0.15, 0.2) is 0 Å². The first kappa shape index (κ1) is 22.0. The number of carbonyl (C=O) groups is 1.